The van der Waals surface area contributed by atoms with Crippen molar-refractivity contribution in [3.8, 4) is 0 Å². The summed E-state index contributed by atoms with van der Waals surface area (Å²) in [5.41, 5.74) is 1.33. The maximum absolute atomic E-state index is 13.7. The first-order chi connectivity index (χ1) is 15.0. The number of carbonyl (C=O) groups excluding carboxylic acids is 2. The number of nitrogens with one attached hydrogen (secondary N) is 1. The van der Waals surface area contributed by atoms with Crippen LogP contribution < -0.4 is 5.32 Å². The van der Waals surface area contributed by atoms with Crippen molar-refractivity contribution in [2.75, 3.05) is 18.9 Å². The summed E-state index contributed by atoms with van der Waals surface area (Å²) in [5.74, 6) is -0.635. The minimum atomic E-state index is -1.11. The molecule has 0 bridgehead atoms. The molecule has 5 rings (SSSR count). The standard InChI is InChI=1S/C25H21ClN2O3/c1-28-15-18(17-8-2-4-10-20(17)26)23(22(29)13-12-16-7-6-14-31-16)25(28)19-9-3-5-11-21(19)27-24(25)30/h2-14,18,23H,15H2,1H3,(H,27,30). The molecule has 0 aliphatic carbocycles. The molecule has 1 N–H and O–H groups in total. The number of hydrogen-bond acceptors (Lipinski definition) is 4. The quantitative estimate of drug-likeness (QED) is 0.606. The Kier molecular flexibility index (Phi) is 4.80. The fourth-order valence-corrected chi connectivity index (χ4v) is 5.41. The van der Waals surface area contributed by atoms with Gasteiger partial charge in [0.2, 0.25) is 5.91 Å². The van der Waals surface area contributed by atoms with Crippen molar-refractivity contribution >= 4 is 35.1 Å². The molecule has 1 aromatic heterocycles. The maximum atomic E-state index is 13.7. The summed E-state index contributed by atoms with van der Waals surface area (Å²) in [6.45, 7) is 0.524. The molecular formula is C25H21ClN2O3. The van der Waals surface area contributed by atoms with Gasteiger partial charge in [-0.3, -0.25) is 14.5 Å². The second-order valence-electron chi connectivity index (χ2n) is 8.00. The topological polar surface area (TPSA) is 62.6 Å². The number of ketones is 1. The van der Waals surface area contributed by atoms with E-state index in [1.165, 1.54) is 6.08 Å². The summed E-state index contributed by atoms with van der Waals surface area (Å²) in [7, 11) is 1.90. The Morgan fingerprint density at radius 3 is 2.71 bits per heavy atom. The highest BCUT2D eigenvalue weighted by atomic mass is 35.5. The van der Waals surface area contributed by atoms with Gasteiger partial charge in [0.15, 0.2) is 5.78 Å². The second kappa shape index (κ2) is 7.52. The number of rotatable bonds is 4. The minimum Gasteiger partial charge on any atom is -0.465 e. The fourth-order valence-electron chi connectivity index (χ4n) is 5.14. The Hall–Kier alpha value is -3.15. The zero-order valence-corrected chi connectivity index (χ0v) is 17.7. The summed E-state index contributed by atoms with van der Waals surface area (Å²) in [4.78, 5) is 29.2. The van der Waals surface area contributed by atoms with Crippen LogP contribution in [0.15, 0.2) is 77.4 Å². The molecule has 2 aromatic carbocycles. The SMILES string of the molecule is CN1CC(c2ccccc2Cl)C(C(=O)C=Cc2ccco2)C12C(=O)Nc1ccccc12. The Balaban J connectivity index is 1.67. The fraction of sp³-hybridized carbons (Fsp3) is 0.200. The number of nitrogens with zero attached hydrogens (tertiary/aromatic N) is 1. The first-order valence-corrected chi connectivity index (χ1v) is 10.5. The van der Waals surface area contributed by atoms with E-state index in [-0.39, 0.29) is 17.6 Å². The third kappa shape index (κ3) is 2.96. The van der Waals surface area contributed by atoms with Crippen LogP contribution in [-0.4, -0.2) is 30.2 Å². The van der Waals surface area contributed by atoms with E-state index >= 15 is 0 Å². The van der Waals surface area contributed by atoms with E-state index in [2.05, 4.69) is 5.32 Å². The van der Waals surface area contributed by atoms with Crippen LogP contribution in [0.25, 0.3) is 6.08 Å². The molecule has 156 valence electrons. The van der Waals surface area contributed by atoms with Gasteiger partial charge in [0.25, 0.3) is 0 Å². The van der Waals surface area contributed by atoms with Crippen molar-refractivity contribution in [3.63, 3.8) is 0 Å². The molecule has 6 heteroatoms. The molecule has 31 heavy (non-hydrogen) atoms. The average Bonchev–Trinajstić information content (AvgIpc) is 3.46. The Morgan fingerprint density at radius 2 is 1.94 bits per heavy atom. The molecule has 3 unspecified atom stereocenters. The van der Waals surface area contributed by atoms with Gasteiger partial charge in [-0.05, 0) is 49.0 Å². The third-order valence-corrected chi connectivity index (χ3v) is 6.77. The minimum absolute atomic E-state index is 0.141. The zero-order valence-electron chi connectivity index (χ0n) is 16.9. The third-order valence-electron chi connectivity index (χ3n) is 6.42. The van der Waals surface area contributed by atoms with E-state index < -0.39 is 11.5 Å². The van der Waals surface area contributed by atoms with Crippen molar-refractivity contribution in [3.05, 3.63) is 94.9 Å². The monoisotopic (exact) mass is 432 g/mol. The summed E-state index contributed by atoms with van der Waals surface area (Å²) >= 11 is 6.55. The molecule has 0 radical (unpaired) electrons. The molecule has 2 aliphatic rings. The number of likely N-dealkylation sites (N-methyl/N-ethyl adjacent to an activating group) is 1. The summed E-state index contributed by atoms with van der Waals surface area (Å²) in [5, 5.41) is 3.59. The predicted octanol–water partition coefficient (Wildman–Crippen LogP) is 4.71. The highest BCUT2D eigenvalue weighted by Crippen LogP contribution is 2.55. The van der Waals surface area contributed by atoms with Gasteiger partial charge in [-0.15, -0.1) is 0 Å². The normalized spacial score (nSPS) is 25.3. The first kappa shape index (κ1) is 19.8. The highest BCUT2D eigenvalue weighted by molar-refractivity contribution is 6.31. The number of anilines is 1. The van der Waals surface area contributed by atoms with Crippen LogP contribution in [0.2, 0.25) is 5.02 Å². The van der Waals surface area contributed by atoms with Crippen molar-refractivity contribution < 1.29 is 14.0 Å². The lowest BCUT2D eigenvalue weighted by Gasteiger charge is -2.35. The first-order valence-electron chi connectivity index (χ1n) is 10.2. The van der Waals surface area contributed by atoms with Gasteiger partial charge in [-0.25, -0.2) is 0 Å². The number of likely N-dealkylation sites (tertiary alicyclic amines) is 1. The van der Waals surface area contributed by atoms with Crippen LogP contribution >= 0.6 is 11.6 Å². The molecule has 1 saturated heterocycles. The Bertz CT molecular complexity index is 1190. The molecule has 1 spiro atoms. The number of amides is 1. The second-order valence-corrected chi connectivity index (χ2v) is 8.41. The van der Waals surface area contributed by atoms with Gasteiger partial charge in [-0.1, -0.05) is 48.0 Å². The largest absolute Gasteiger partial charge is 0.465 e. The van der Waals surface area contributed by atoms with Crippen LogP contribution in [0.5, 0.6) is 0 Å². The summed E-state index contributed by atoms with van der Waals surface area (Å²) < 4.78 is 5.34. The van der Waals surface area contributed by atoms with Crippen LogP contribution in [-0.2, 0) is 15.1 Å². The summed E-state index contributed by atoms with van der Waals surface area (Å²) in [6.07, 6.45) is 4.72. The van der Waals surface area contributed by atoms with Crippen molar-refractivity contribution in [1.29, 1.82) is 0 Å². The number of benzene rings is 2. The lowest BCUT2D eigenvalue weighted by atomic mass is 9.71. The van der Waals surface area contributed by atoms with Gasteiger partial charge in [-0.2, -0.15) is 0 Å². The number of halogens is 1. The highest BCUT2D eigenvalue weighted by Gasteiger charge is 2.63. The molecule has 3 aromatic rings. The predicted molar refractivity (Wildman–Crippen MR) is 120 cm³/mol. The molecule has 1 fully saturated rings. The van der Waals surface area contributed by atoms with Crippen LogP contribution in [0, 0.1) is 5.92 Å². The molecule has 5 nitrogen and oxygen atoms in total. The number of allylic oxidation sites excluding steroid dienone is 1. The maximum Gasteiger partial charge on any atom is 0.250 e. The van der Waals surface area contributed by atoms with Crippen LogP contribution in [0.3, 0.4) is 0 Å². The van der Waals surface area contributed by atoms with Gasteiger partial charge >= 0.3 is 0 Å². The number of carbonyl (C=O) groups is 2. The number of para-hydroxylation sites is 1. The van der Waals surface area contributed by atoms with Gasteiger partial charge < -0.3 is 9.73 Å². The van der Waals surface area contributed by atoms with E-state index in [1.807, 2.05) is 60.5 Å². The molecular weight excluding hydrogens is 412 g/mol. The van der Waals surface area contributed by atoms with Crippen molar-refractivity contribution in [1.82, 2.24) is 4.90 Å². The lowest BCUT2D eigenvalue weighted by Crippen LogP contribution is -2.51. The van der Waals surface area contributed by atoms with E-state index in [9.17, 15) is 9.59 Å². The van der Waals surface area contributed by atoms with Gasteiger partial charge in [0.05, 0.1) is 12.2 Å². The van der Waals surface area contributed by atoms with Gasteiger partial charge in [0, 0.05) is 28.7 Å². The Morgan fingerprint density at radius 1 is 1.16 bits per heavy atom. The van der Waals surface area contributed by atoms with Crippen LogP contribution in [0.4, 0.5) is 5.69 Å². The molecule has 3 heterocycles. The van der Waals surface area contributed by atoms with E-state index in [4.69, 9.17) is 16.0 Å². The molecule has 1 amide bonds. The zero-order chi connectivity index (χ0) is 21.6. The van der Waals surface area contributed by atoms with E-state index in [1.54, 1.807) is 24.5 Å². The van der Waals surface area contributed by atoms with Crippen molar-refractivity contribution in [2.45, 2.75) is 11.5 Å². The van der Waals surface area contributed by atoms with Crippen LogP contribution in [0.1, 0.15) is 22.8 Å². The number of furan rings is 1. The smallest absolute Gasteiger partial charge is 0.250 e. The molecule has 0 saturated carbocycles. The Labute approximate surface area is 185 Å². The molecule has 3 atom stereocenters. The number of fused-ring (bicyclic) bond motifs is 2. The average molecular weight is 433 g/mol. The lowest BCUT2D eigenvalue weighted by molar-refractivity contribution is -0.133. The van der Waals surface area contributed by atoms with E-state index in [0.29, 0.717) is 17.3 Å². The number of hydrogen-bond donors (Lipinski definition) is 1. The van der Waals surface area contributed by atoms with Crippen molar-refractivity contribution in [2.24, 2.45) is 5.92 Å². The van der Waals surface area contributed by atoms with E-state index in [0.717, 1.165) is 16.8 Å². The summed E-state index contributed by atoms with van der Waals surface area (Å²) in [6, 6.07) is 18.7. The molecule has 2 aliphatic heterocycles. The van der Waals surface area contributed by atoms with Gasteiger partial charge in [0.1, 0.15) is 11.3 Å².